The molecule has 0 aliphatic carbocycles. The highest BCUT2D eigenvalue weighted by atomic mass is 19.4. The molecule has 1 aliphatic rings. The molecule has 1 heterocycles. The molecule has 0 saturated carbocycles. The molecule has 0 radical (unpaired) electrons. The lowest BCUT2D eigenvalue weighted by atomic mass is 10.1. The maximum atomic E-state index is 12.7. The second kappa shape index (κ2) is 7.24. The largest absolute Gasteiger partial charge is 0.487 e. The number of nitrogens with one attached hydrogen (secondary N) is 2. The summed E-state index contributed by atoms with van der Waals surface area (Å²) in [5.74, 6) is -0.666. The molecule has 0 fully saturated rings. The van der Waals surface area contributed by atoms with E-state index in [9.17, 15) is 22.8 Å². The second-order valence-corrected chi connectivity index (χ2v) is 4.80. The van der Waals surface area contributed by atoms with Crippen LogP contribution in [0.15, 0.2) is 35.5 Å². The van der Waals surface area contributed by atoms with Gasteiger partial charge in [-0.15, -0.1) is 0 Å². The number of esters is 1. The van der Waals surface area contributed by atoms with Crippen LogP contribution in [0.3, 0.4) is 0 Å². The first-order valence-corrected chi connectivity index (χ1v) is 7.05. The fourth-order valence-electron chi connectivity index (χ4n) is 1.99. The number of benzene rings is 1. The summed E-state index contributed by atoms with van der Waals surface area (Å²) in [5.41, 5.74) is -0.549. The number of halogens is 3. The second-order valence-electron chi connectivity index (χ2n) is 4.80. The molecule has 1 aliphatic heterocycles. The third kappa shape index (κ3) is 4.40. The first-order chi connectivity index (χ1) is 11.3. The zero-order valence-corrected chi connectivity index (χ0v) is 12.7. The number of hydrogen-bond donors (Lipinski definition) is 2. The van der Waals surface area contributed by atoms with E-state index in [-0.39, 0.29) is 36.8 Å². The van der Waals surface area contributed by atoms with E-state index in [0.717, 1.165) is 12.1 Å². The Balaban J connectivity index is 2.15. The highest BCUT2D eigenvalue weighted by molar-refractivity contribution is 5.93. The van der Waals surface area contributed by atoms with Crippen molar-refractivity contribution in [2.45, 2.75) is 13.1 Å². The minimum Gasteiger partial charge on any atom is -0.487 e. The summed E-state index contributed by atoms with van der Waals surface area (Å²) < 4.78 is 48.2. The van der Waals surface area contributed by atoms with E-state index in [2.05, 4.69) is 10.6 Å². The van der Waals surface area contributed by atoms with Gasteiger partial charge in [-0.05, 0) is 25.1 Å². The molecule has 1 aromatic rings. The van der Waals surface area contributed by atoms with Crippen LogP contribution < -0.4 is 15.4 Å². The Bertz CT molecular complexity index is 671. The number of urea groups is 1. The molecule has 1 aromatic carbocycles. The molecular weight excluding hydrogens is 329 g/mol. The van der Waals surface area contributed by atoms with Gasteiger partial charge in [-0.3, -0.25) is 0 Å². The number of alkyl halides is 3. The molecule has 0 bridgehead atoms. The third-order valence-corrected chi connectivity index (χ3v) is 3.12. The highest BCUT2D eigenvalue weighted by Crippen LogP contribution is 2.31. The Hall–Kier alpha value is -2.71. The van der Waals surface area contributed by atoms with Crippen molar-refractivity contribution in [3.05, 3.63) is 41.1 Å². The molecule has 24 heavy (non-hydrogen) atoms. The Morgan fingerprint density at radius 1 is 1.33 bits per heavy atom. The normalized spacial score (nSPS) is 14.8. The Morgan fingerprint density at radius 2 is 2.08 bits per heavy atom. The standard InChI is InChI=1S/C15H15F3N2O4/c1-2-23-13(21)11-7-19-14(22)20-12(11)8-24-10-5-3-4-9(6-10)15(16,17)18/h3-6H,2,7-8H2,1H3,(H2,19,20,22). The van der Waals surface area contributed by atoms with Gasteiger partial charge >= 0.3 is 18.2 Å². The van der Waals surface area contributed by atoms with Gasteiger partial charge in [0.2, 0.25) is 0 Å². The Kier molecular flexibility index (Phi) is 5.32. The molecule has 2 rings (SSSR count). The van der Waals surface area contributed by atoms with Crippen LogP contribution in [0.25, 0.3) is 0 Å². The van der Waals surface area contributed by atoms with Crippen molar-refractivity contribution in [2.75, 3.05) is 19.8 Å². The minimum absolute atomic E-state index is 0.0340. The third-order valence-electron chi connectivity index (χ3n) is 3.12. The summed E-state index contributed by atoms with van der Waals surface area (Å²) in [7, 11) is 0. The van der Waals surface area contributed by atoms with E-state index >= 15 is 0 Å². The van der Waals surface area contributed by atoms with E-state index in [1.807, 2.05) is 0 Å². The molecule has 0 saturated heterocycles. The minimum atomic E-state index is -4.49. The molecule has 0 unspecified atom stereocenters. The van der Waals surface area contributed by atoms with Gasteiger partial charge in [-0.1, -0.05) is 6.07 Å². The van der Waals surface area contributed by atoms with E-state index in [1.165, 1.54) is 12.1 Å². The van der Waals surface area contributed by atoms with Gasteiger partial charge in [0.25, 0.3) is 0 Å². The maximum absolute atomic E-state index is 12.7. The topological polar surface area (TPSA) is 76.7 Å². The molecule has 2 amide bonds. The van der Waals surface area contributed by atoms with Crippen LogP contribution in [-0.4, -0.2) is 31.8 Å². The molecule has 130 valence electrons. The lowest BCUT2D eigenvalue weighted by Crippen LogP contribution is -2.45. The molecule has 0 atom stereocenters. The predicted molar refractivity (Wildman–Crippen MR) is 77.1 cm³/mol. The summed E-state index contributed by atoms with van der Waals surface area (Å²) in [6.45, 7) is 1.46. The fourth-order valence-corrected chi connectivity index (χ4v) is 1.99. The van der Waals surface area contributed by atoms with Crippen molar-refractivity contribution in [1.82, 2.24) is 10.6 Å². The predicted octanol–water partition coefficient (Wildman–Crippen LogP) is 2.21. The van der Waals surface area contributed by atoms with Crippen molar-refractivity contribution in [3.8, 4) is 5.75 Å². The zero-order valence-electron chi connectivity index (χ0n) is 12.7. The first kappa shape index (κ1) is 17.6. The number of ether oxygens (including phenoxy) is 2. The fraction of sp³-hybridized carbons (Fsp3) is 0.333. The lowest BCUT2D eigenvalue weighted by molar-refractivity contribution is -0.139. The highest BCUT2D eigenvalue weighted by Gasteiger charge is 2.30. The van der Waals surface area contributed by atoms with Crippen LogP contribution in [0.2, 0.25) is 0 Å². The molecule has 6 nitrogen and oxygen atoms in total. The van der Waals surface area contributed by atoms with Crippen LogP contribution >= 0.6 is 0 Å². The smallest absolute Gasteiger partial charge is 0.416 e. The van der Waals surface area contributed by atoms with E-state index in [4.69, 9.17) is 9.47 Å². The summed E-state index contributed by atoms with van der Waals surface area (Å²) in [5, 5.41) is 4.82. The van der Waals surface area contributed by atoms with Crippen LogP contribution in [0.5, 0.6) is 5.75 Å². The van der Waals surface area contributed by atoms with Crippen molar-refractivity contribution in [3.63, 3.8) is 0 Å². The van der Waals surface area contributed by atoms with Gasteiger partial charge < -0.3 is 20.1 Å². The lowest BCUT2D eigenvalue weighted by Gasteiger charge is -2.21. The number of carbonyl (C=O) groups is 2. The number of hydrogen-bond acceptors (Lipinski definition) is 4. The van der Waals surface area contributed by atoms with Gasteiger partial charge in [0.05, 0.1) is 30.0 Å². The van der Waals surface area contributed by atoms with Crippen molar-refractivity contribution >= 4 is 12.0 Å². The summed E-state index contributed by atoms with van der Waals surface area (Å²) >= 11 is 0. The van der Waals surface area contributed by atoms with Crippen molar-refractivity contribution in [1.29, 1.82) is 0 Å². The van der Waals surface area contributed by atoms with Crippen molar-refractivity contribution < 1.29 is 32.2 Å². The SMILES string of the molecule is CCOC(=O)C1=C(COc2cccc(C(F)(F)F)c2)NC(=O)NC1. The number of carbonyl (C=O) groups excluding carboxylic acids is 2. The average Bonchev–Trinajstić information content (AvgIpc) is 2.52. The first-order valence-electron chi connectivity index (χ1n) is 7.05. The number of rotatable bonds is 5. The van der Waals surface area contributed by atoms with Gasteiger partial charge in [0.1, 0.15) is 12.4 Å². The van der Waals surface area contributed by atoms with Crippen LogP contribution in [0.1, 0.15) is 12.5 Å². The van der Waals surface area contributed by atoms with Gasteiger partial charge in [0.15, 0.2) is 0 Å². The van der Waals surface area contributed by atoms with Gasteiger partial charge in [0, 0.05) is 0 Å². The van der Waals surface area contributed by atoms with Gasteiger partial charge in [-0.2, -0.15) is 13.2 Å². The molecule has 2 N–H and O–H groups in total. The maximum Gasteiger partial charge on any atom is 0.416 e. The van der Waals surface area contributed by atoms with Crippen LogP contribution in [0, 0.1) is 0 Å². The van der Waals surface area contributed by atoms with Gasteiger partial charge in [-0.25, -0.2) is 9.59 Å². The quantitative estimate of drug-likeness (QED) is 0.803. The summed E-state index contributed by atoms with van der Waals surface area (Å²) in [6.07, 6.45) is -4.49. The van der Waals surface area contributed by atoms with Crippen LogP contribution in [-0.2, 0) is 15.7 Å². The molecular formula is C15H15F3N2O4. The van der Waals surface area contributed by atoms with E-state index in [1.54, 1.807) is 6.92 Å². The Morgan fingerprint density at radius 3 is 2.75 bits per heavy atom. The molecule has 0 spiro atoms. The average molecular weight is 344 g/mol. The molecule has 9 heteroatoms. The molecule has 0 aromatic heterocycles. The summed E-state index contributed by atoms with van der Waals surface area (Å²) in [4.78, 5) is 23.2. The summed E-state index contributed by atoms with van der Waals surface area (Å²) in [6, 6.07) is 3.78. The Labute approximate surface area is 135 Å². The zero-order chi connectivity index (χ0) is 17.7. The van der Waals surface area contributed by atoms with Crippen molar-refractivity contribution in [2.24, 2.45) is 0 Å². The van der Waals surface area contributed by atoms with Crippen LogP contribution in [0.4, 0.5) is 18.0 Å². The van der Waals surface area contributed by atoms with E-state index < -0.39 is 23.7 Å². The monoisotopic (exact) mass is 344 g/mol. The van der Waals surface area contributed by atoms with E-state index in [0.29, 0.717) is 0 Å². The number of amides is 2.